The van der Waals surface area contributed by atoms with Gasteiger partial charge in [-0.2, -0.15) is 0 Å². The smallest absolute Gasteiger partial charge is 0.259 e. The van der Waals surface area contributed by atoms with E-state index in [0.29, 0.717) is 30.6 Å². The summed E-state index contributed by atoms with van der Waals surface area (Å²) in [4.78, 5) is 25.8. The molecule has 10 heteroatoms. The van der Waals surface area contributed by atoms with E-state index >= 15 is 4.39 Å². The van der Waals surface area contributed by atoms with Crippen molar-refractivity contribution in [2.75, 3.05) is 12.3 Å². The van der Waals surface area contributed by atoms with E-state index in [0.717, 1.165) is 36.0 Å². The van der Waals surface area contributed by atoms with Crippen LogP contribution in [0.15, 0.2) is 42.5 Å². The number of hydrogen-bond donors (Lipinski definition) is 3. The van der Waals surface area contributed by atoms with Gasteiger partial charge in [0.2, 0.25) is 21.6 Å². The van der Waals surface area contributed by atoms with Crippen LogP contribution in [0.4, 0.5) is 4.39 Å². The molecule has 3 fully saturated rings. The van der Waals surface area contributed by atoms with Crippen molar-refractivity contribution in [1.29, 1.82) is 0 Å². The Morgan fingerprint density at radius 2 is 1.84 bits per heavy atom. The third kappa shape index (κ3) is 6.75. The Kier molecular flexibility index (Phi) is 8.91. The molecule has 2 amide bonds. The summed E-state index contributed by atoms with van der Waals surface area (Å²) >= 11 is 0. The minimum atomic E-state index is -3.68. The molecule has 2 saturated carbocycles. The average Bonchev–Trinajstić information content (AvgIpc) is 3.57. The molecule has 0 aromatic heterocycles. The van der Waals surface area contributed by atoms with Crippen LogP contribution in [0.2, 0.25) is 0 Å². The molecule has 3 N–H and O–H groups in total. The van der Waals surface area contributed by atoms with Gasteiger partial charge in [0.05, 0.1) is 11.7 Å². The number of hydrogen-bond acceptors (Lipinski definition) is 6. The van der Waals surface area contributed by atoms with E-state index in [1.165, 1.54) is 6.92 Å². The maximum absolute atomic E-state index is 15.6. The number of carbonyl (C=O) groups excluding carboxylic acids is 2. The highest BCUT2D eigenvalue weighted by Gasteiger charge is 2.55. The molecule has 4 atom stereocenters. The molecule has 1 saturated heterocycles. The van der Waals surface area contributed by atoms with Crippen molar-refractivity contribution in [2.24, 2.45) is 0 Å². The molecule has 43 heavy (non-hydrogen) atoms. The lowest BCUT2D eigenvalue weighted by atomic mass is 9.74. The van der Waals surface area contributed by atoms with Gasteiger partial charge in [-0.1, -0.05) is 44.2 Å². The van der Waals surface area contributed by atoms with Gasteiger partial charge in [-0.25, -0.2) is 12.8 Å². The van der Waals surface area contributed by atoms with Gasteiger partial charge >= 0.3 is 0 Å². The number of alkyl halides is 1. The van der Waals surface area contributed by atoms with Gasteiger partial charge in [0.15, 0.2) is 0 Å². The normalized spacial score (nSPS) is 25.3. The van der Waals surface area contributed by atoms with Crippen LogP contribution < -0.4 is 20.1 Å². The maximum atomic E-state index is 15.6. The zero-order valence-electron chi connectivity index (χ0n) is 25.5. The summed E-state index contributed by atoms with van der Waals surface area (Å²) in [6, 6.07) is 13.4. The predicted octanol–water partition coefficient (Wildman–Crippen LogP) is 5.09. The van der Waals surface area contributed by atoms with E-state index in [1.807, 2.05) is 30.3 Å². The van der Waals surface area contributed by atoms with Crippen molar-refractivity contribution in [1.82, 2.24) is 15.4 Å². The minimum absolute atomic E-state index is 0.0667. The second-order valence-electron chi connectivity index (χ2n) is 12.9. The number of halogens is 1. The molecule has 1 aliphatic heterocycles. The zero-order valence-corrected chi connectivity index (χ0v) is 26.4. The van der Waals surface area contributed by atoms with E-state index in [2.05, 4.69) is 35.3 Å². The van der Waals surface area contributed by atoms with Crippen LogP contribution in [0, 0.1) is 0 Å². The van der Waals surface area contributed by atoms with Gasteiger partial charge in [0.25, 0.3) is 5.91 Å². The van der Waals surface area contributed by atoms with Crippen LogP contribution in [-0.4, -0.2) is 55.9 Å². The number of nitrogens with one attached hydrogen (secondary N) is 3. The van der Waals surface area contributed by atoms with Gasteiger partial charge in [0.1, 0.15) is 11.9 Å². The van der Waals surface area contributed by atoms with Gasteiger partial charge in [-0.05, 0) is 80.7 Å². The highest BCUT2D eigenvalue weighted by atomic mass is 32.2. The Bertz CT molecular complexity index is 1470. The molecule has 0 radical (unpaired) electrons. The Balaban J connectivity index is 1.34. The average molecular weight is 614 g/mol. The molecule has 3 aliphatic rings. The number of sulfonamides is 1. The van der Waals surface area contributed by atoms with Gasteiger partial charge < -0.3 is 15.4 Å². The molecule has 8 nitrogen and oxygen atoms in total. The van der Waals surface area contributed by atoms with E-state index in [9.17, 15) is 18.0 Å². The Morgan fingerprint density at radius 3 is 2.49 bits per heavy atom. The fourth-order valence-electron chi connectivity index (χ4n) is 6.62. The predicted molar refractivity (Wildman–Crippen MR) is 165 cm³/mol. The lowest BCUT2D eigenvalue weighted by Gasteiger charge is -2.38. The number of ether oxygens (including phenoxy) is 1. The summed E-state index contributed by atoms with van der Waals surface area (Å²) in [5.74, 6) is -1.12. The van der Waals surface area contributed by atoms with Crippen molar-refractivity contribution in [2.45, 2.75) is 108 Å². The van der Waals surface area contributed by atoms with Crippen molar-refractivity contribution < 1.29 is 27.1 Å². The lowest BCUT2D eigenvalue weighted by molar-refractivity contribution is -0.133. The van der Waals surface area contributed by atoms with Crippen LogP contribution in [0.5, 0.6) is 5.75 Å². The molecular formula is C33H44FN3O5S. The molecule has 5 rings (SSSR count). The van der Waals surface area contributed by atoms with E-state index in [-0.39, 0.29) is 42.3 Å². The van der Waals surface area contributed by atoms with Crippen LogP contribution in [0.25, 0.3) is 11.1 Å². The molecule has 2 aliphatic carbocycles. The monoisotopic (exact) mass is 613 g/mol. The summed E-state index contributed by atoms with van der Waals surface area (Å²) in [7, 11) is -3.68. The summed E-state index contributed by atoms with van der Waals surface area (Å²) in [6.45, 7) is 7.46. The molecule has 2 aromatic rings. The van der Waals surface area contributed by atoms with Crippen molar-refractivity contribution in [3.63, 3.8) is 0 Å². The van der Waals surface area contributed by atoms with Crippen molar-refractivity contribution >= 4 is 21.8 Å². The first-order chi connectivity index (χ1) is 20.3. The van der Waals surface area contributed by atoms with Crippen LogP contribution in [-0.2, 0) is 19.6 Å². The zero-order chi connectivity index (χ0) is 31.0. The quantitative estimate of drug-likeness (QED) is 0.344. The molecule has 1 spiro atoms. The summed E-state index contributed by atoms with van der Waals surface area (Å²) in [5.41, 5.74) is 1.51. The van der Waals surface area contributed by atoms with Gasteiger partial charge in [-0.3, -0.25) is 14.3 Å². The number of amides is 2. The van der Waals surface area contributed by atoms with Gasteiger partial charge in [-0.15, -0.1) is 0 Å². The minimum Gasteiger partial charge on any atom is -0.490 e. The Labute approximate surface area is 254 Å². The van der Waals surface area contributed by atoms with E-state index in [4.69, 9.17) is 4.74 Å². The van der Waals surface area contributed by atoms with Gasteiger partial charge in [0, 0.05) is 36.5 Å². The summed E-state index contributed by atoms with van der Waals surface area (Å²) in [6.07, 6.45) is 4.97. The first-order valence-electron chi connectivity index (χ1n) is 15.5. The number of benzene rings is 2. The van der Waals surface area contributed by atoms with E-state index < -0.39 is 33.4 Å². The second-order valence-corrected chi connectivity index (χ2v) is 15.0. The number of carbonyl (C=O) groups is 2. The van der Waals surface area contributed by atoms with E-state index in [1.54, 1.807) is 13.0 Å². The topological polar surface area (TPSA) is 114 Å². The highest BCUT2D eigenvalue weighted by Crippen LogP contribution is 2.44. The standard InChI is InChI=1S/C33H44FN3O5S/c1-5-43(40,41)37-30(38)22(4)23-11-14-29(28(17-23)27-10-7-6-9-26(27)21(2)3)42-25-13-12-24(18-25)36-31(39)33(34)19-32(35-20-33)15-8-16-32/h6-7,9-11,14,17,21-22,24-25,35H,5,8,12-13,15-16,18-20H2,1-4H3,(H,36,39)(H,37,38)/t22-,24-,25-,33+/m1/s1. The molecule has 234 valence electrons. The largest absolute Gasteiger partial charge is 0.490 e. The molecule has 2 aromatic carbocycles. The van der Waals surface area contributed by atoms with Crippen LogP contribution >= 0.6 is 0 Å². The second kappa shape index (κ2) is 12.2. The highest BCUT2D eigenvalue weighted by molar-refractivity contribution is 7.90. The van der Waals surface area contributed by atoms with Crippen molar-refractivity contribution in [3.8, 4) is 16.9 Å². The first kappa shape index (κ1) is 31.4. The lowest BCUT2D eigenvalue weighted by Crippen LogP contribution is -2.49. The SMILES string of the molecule is CCS(=O)(=O)NC(=O)[C@H](C)c1ccc(O[C@@H]2CC[C@@H](NC(=O)[C@@]3(F)CNC4(CCC4)C3)C2)c(-c2ccccc2C(C)C)c1. The summed E-state index contributed by atoms with van der Waals surface area (Å²) in [5, 5.41) is 6.23. The molecular weight excluding hydrogens is 569 g/mol. The maximum Gasteiger partial charge on any atom is 0.259 e. The first-order valence-corrected chi connectivity index (χ1v) is 17.2. The third-order valence-corrected chi connectivity index (χ3v) is 10.8. The Hall–Kier alpha value is -2.98. The Morgan fingerprint density at radius 1 is 1.09 bits per heavy atom. The third-order valence-electron chi connectivity index (χ3n) is 9.50. The molecule has 1 heterocycles. The fraction of sp³-hybridized carbons (Fsp3) is 0.576. The van der Waals surface area contributed by atoms with Crippen LogP contribution in [0.1, 0.15) is 95.6 Å². The van der Waals surface area contributed by atoms with Crippen LogP contribution in [0.3, 0.4) is 0 Å². The van der Waals surface area contributed by atoms with Crippen molar-refractivity contribution in [3.05, 3.63) is 53.6 Å². The molecule has 0 unspecified atom stereocenters. The number of rotatable bonds is 10. The molecule has 0 bridgehead atoms. The summed E-state index contributed by atoms with van der Waals surface area (Å²) < 4.78 is 48.3. The fourth-order valence-corrected chi connectivity index (χ4v) is 7.25.